The number of aromatic nitrogens is 3. The second kappa shape index (κ2) is 11.2. The lowest BCUT2D eigenvalue weighted by molar-refractivity contribution is -0.00982. The van der Waals surface area contributed by atoms with Crippen molar-refractivity contribution in [2.24, 2.45) is 0 Å². The Bertz CT molecular complexity index is 1730. The van der Waals surface area contributed by atoms with Crippen LogP contribution in [0.1, 0.15) is 71.3 Å². The van der Waals surface area contributed by atoms with E-state index in [4.69, 9.17) is 0 Å². The summed E-state index contributed by atoms with van der Waals surface area (Å²) in [5, 5.41) is 14.9. The third-order valence-corrected chi connectivity index (χ3v) is 8.74. The fourth-order valence-electron chi connectivity index (χ4n) is 6.06. The smallest absolute Gasteiger partial charge is 0.255 e. The van der Waals surface area contributed by atoms with Gasteiger partial charge < -0.3 is 15.4 Å². The first kappa shape index (κ1) is 26.6. The van der Waals surface area contributed by atoms with Crippen LogP contribution in [0, 0.1) is 6.92 Å². The van der Waals surface area contributed by atoms with Crippen LogP contribution in [-0.4, -0.2) is 44.0 Å². The number of aliphatic hydroxyl groups excluding tert-OH is 1. The molecule has 1 aliphatic heterocycles. The number of aliphatic hydroxyl groups is 1. The number of H-pyrrole nitrogens is 1. The minimum absolute atomic E-state index is 0.122. The minimum Gasteiger partial charge on any atom is -0.374 e. The summed E-state index contributed by atoms with van der Waals surface area (Å²) in [7, 11) is 0. The average molecular weight is 558 g/mol. The Morgan fingerprint density at radius 2 is 1.74 bits per heavy atom. The summed E-state index contributed by atoms with van der Waals surface area (Å²) in [4.78, 5) is 27.8. The molecule has 3 aromatic carbocycles. The third kappa shape index (κ3) is 5.22. The SMILES string of the molecule is Cc1c(NC(=O)c2ccc(C3CC3)cc2)cccc1-c1ncnc2[nH]c(-c3ccc(C(O)N4CCCCC4)cc3)cc12. The number of amides is 1. The summed E-state index contributed by atoms with van der Waals surface area (Å²) in [6.45, 7) is 3.88. The Morgan fingerprint density at radius 3 is 2.48 bits per heavy atom. The van der Waals surface area contributed by atoms with Gasteiger partial charge in [-0.2, -0.15) is 0 Å². The number of carbonyl (C=O) groups is 1. The van der Waals surface area contributed by atoms with Gasteiger partial charge in [0.25, 0.3) is 5.91 Å². The number of hydrogen-bond acceptors (Lipinski definition) is 5. The van der Waals surface area contributed by atoms with Crippen LogP contribution in [0.25, 0.3) is 33.5 Å². The van der Waals surface area contributed by atoms with E-state index in [-0.39, 0.29) is 5.91 Å². The van der Waals surface area contributed by atoms with Gasteiger partial charge in [-0.05, 0) is 85.0 Å². The highest BCUT2D eigenvalue weighted by Crippen LogP contribution is 2.40. The molecule has 2 aromatic heterocycles. The first-order valence-corrected chi connectivity index (χ1v) is 14.9. The molecule has 7 rings (SSSR count). The van der Waals surface area contributed by atoms with Gasteiger partial charge in [0.1, 0.15) is 18.2 Å². The highest BCUT2D eigenvalue weighted by Gasteiger charge is 2.24. The molecule has 0 bridgehead atoms. The monoisotopic (exact) mass is 557 g/mol. The second-order valence-corrected chi connectivity index (χ2v) is 11.6. The van der Waals surface area contributed by atoms with Crippen molar-refractivity contribution in [2.45, 2.75) is 51.2 Å². The van der Waals surface area contributed by atoms with Crippen LogP contribution in [0.5, 0.6) is 0 Å². The maximum absolute atomic E-state index is 13.1. The van der Waals surface area contributed by atoms with Gasteiger partial charge in [-0.1, -0.05) is 55.0 Å². The second-order valence-electron chi connectivity index (χ2n) is 11.6. The van der Waals surface area contributed by atoms with Crippen molar-refractivity contribution < 1.29 is 9.90 Å². The predicted molar refractivity (Wildman–Crippen MR) is 166 cm³/mol. The van der Waals surface area contributed by atoms with Gasteiger partial charge in [0.15, 0.2) is 0 Å². The van der Waals surface area contributed by atoms with Crippen molar-refractivity contribution in [3.05, 3.63) is 101 Å². The van der Waals surface area contributed by atoms with Gasteiger partial charge in [0.05, 0.1) is 5.69 Å². The number of carbonyl (C=O) groups excluding carboxylic acids is 1. The minimum atomic E-state index is -0.572. The molecule has 3 heterocycles. The molecule has 5 aromatic rings. The molecule has 2 fully saturated rings. The number of likely N-dealkylation sites (tertiary alicyclic amines) is 1. The molecule has 1 unspecified atom stereocenters. The van der Waals surface area contributed by atoms with E-state index in [1.165, 1.54) is 24.8 Å². The number of fused-ring (bicyclic) bond motifs is 1. The van der Waals surface area contributed by atoms with Crippen molar-refractivity contribution in [1.29, 1.82) is 0 Å². The molecule has 1 saturated carbocycles. The number of rotatable bonds is 7. The molecular weight excluding hydrogens is 522 g/mol. The molecule has 7 heteroatoms. The number of aromatic amines is 1. The maximum Gasteiger partial charge on any atom is 0.255 e. The van der Waals surface area contributed by atoms with Gasteiger partial charge >= 0.3 is 0 Å². The molecule has 1 amide bonds. The molecule has 42 heavy (non-hydrogen) atoms. The van der Waals surface area contributed by atoms with Gasteiger partial charge in [-0.3, -0.25) is 9.69 Å². The number of anilines is 1. The van der Waals surface area contributed by atoms with E-state index in [0.717, 1.165) is 76.3 Å². The van der Waals surface area contributed by atoms with Crippen molar-refractivity contribution in [3.8, 4) is 22.5 Å². The van der Waals surface area contributed by atoms with E-state index in [1.807, 2.05) is 61.5 Å². The molecule has 1 saturated heterocycles. The lowest BCUT2D eigenvalue weighted by atomic mass is 10.0. The first-order valence-electron chi connectivity index (χ1n) is 14.9. The molecule has 0 radical (unpaired) electrons. The van der Waals surface area contributed by atoms with Crippen molar-refractivity contribution in [3.63, 3.8) is 0 Å². The fourth-order valence-corrected chi connectivity index (χ4v) is 6.06. The van der Waals surface area contributed by atoms with Crippen molar-refractivity contribution >= 4 is 22.6 Å². The van der Waals surface area contributed by atoms with E-state index in [1.54, 1.807) is 6.33 Å². The summed E-state index contributed by atoms with van der Waals surface area (Å²) in [5.41, 5.74) is 9.02. The Morgan fingerprint density at radius 1 is 0.976 bits per heavy atom. The molecule has 1 atom stereocenters. The Labute approximate surface area is 245 Å². The predicted octanol–water partition coefficient (Wildman–Crippen LogP) is 7.21. The van der Waals surface area contributed by atoms with E-state index in [9.17, 15) is 9.90 Å². The summed E-state index contributed by atoms with van der Waals surface area (Å²) in [5.74, 6) is 0.541. The van der Waals surface area contributed by atoms with Gasteiger partial charge in [-0.15, -0.1) is 0 Å². The Balaban J connectivity index is 1.14. The van der Waals surface area contributed by atoms with E-state index < -0.39 is 6.23 Å². The Kier molecular flexibility index (Phi) is 7.06. The van der Waals surface area contributed by atoms with Gasteiger partial charge in [-0.25, -0.2) is 9.97 Å². The number of piperidine rings is 1. The molecule has 1 aliphatic carbocycles. The highest BCUT2D eigenvalue weighted by molar-refractivity contribution is 6.05. The van der Waals surface area contributed by atoms with Crippen LogP contribution < -0.4 is 5.32 Å². The zero-order chi connectivity index (χ0) is 28.6. The molecular formula is C35H35N5O2. The molecule has 212 valence electrons. The lowest BCUT2D eigenvalue weighted by Crippen LogP contribution is -2.33. The van der Waals surface area contributed by atoms with E-state index in [0.29, 0.717) is 11.5 Å². The highest BCUT2D eigenvalue weighted by atomic mass is 16.3. The van der Waals surface area contributed by atoms with Crippen LogP contribution >= 0.6 is 0 Å². The summed E-state index contributed by atoms with van der Waals surface area (Å²) < 4.78 is 0. The van der Waals surface area contributed by atoms with E-state index in [2.05, 4.69) is 43.4 Å². The van der Waals surface area contributed by atoms with Crippen molar-refractivity contribution in [1.82, 2.24) is 19.9 Å². The van der Waals surface area contributed by atoms with E-state index >= 15 is 0 Å². The van der Waals surface area contributed by atoms with Crippen LogP contribution in [0.15, 0.2) is 79.1 Å². The summed E-state index contributed by atoms with van der Waals surface area (Å²) in [6.07, 6.45) is 6.99. The standard InChI is InChI=1S/C35H35N5O2/c1-22-28(6-5-7-30(22)39-34(41)26-14-10-24(11-15-26)23-8-9-23)32-29-20-31(38-33(29)37-21-36-32)25-12-16-27(17-13-25)35(42)40-18-3-2-4-19-40/h5-7,10-17,20-21,23,35,42H,2-4,8-9,18-19H2,1H3,(H,39,41)(H,36,37,38). The van der Waals surface area contributed by atoms with Crippen molar-refractivity contribution in [2.75, 3.05) is 18.4 Å². The normalized spacial score (nSPS) is 16.4. The molecule has 2 aliphatic rings. The number of nitrogens with one attached hydrogen (secondary N) is 2. The lowest BCUT2D eigenvalue weighted by Gasteiger charge is -2.31. The molecule has 3 N–H and O–H groups in total. The van der Waals surface area contributed by atoms with Crippen LogP contribution in [0.4, 0.5) is 5.69 Å². The largest absolute Gasteiger partial charge is 0.374 e. The number of hydrogen-bond donors (Lipinski definition) is 3. The Hall–Kier alpha value is -4.33. The maximum atomic E-state index is 13.1. The topological polar surface area (TPSA) is 94.1 Å². The number of benzene rings is 3. The molecule has 0 spiro atoms. The van der Waals surface area contributed by atoms with Gasteiger partial charge in [0.2, 0.25) is 0 Å². The molecule has 7 nitrogen and oxygen atoms in total. The fraction of sp³-hybridized carbons (Fsp3) is 0.286. The van der Waals surface area contributed by atoms with Crippen LogP contribution in [0.3, 0.4) is 0 Å². The summed E-state index contributed by atoms with van der Waals surface area (Å²) in [6, 6.07) is 24.0. The van der Waals surface area contributed by atoms with Crippen LogP contribution in [-0.2, 0) is 0 Å². The first-order chi connectivity index (χ1) is 20.5. The van der Waals surface area contributed by atoms with Gasteiger partial charge in [0, 0.05) is 41.0 Å². The average Bonchev–Trinajstić information content (AvgIpc) is 3.80. The third-order valence-electron chi connectivity index (χ3n) is 8.74. The van der Waals surface area contributed by atoms with Crippen LogP contribution in [0.2, 0.25) is 0 Å². The number of nitrogens with zero attached hydrogens (tertiary/aromatic N) is 3. The zero-order valence-electron chi connectivity index (χ0n) is 23.8. The quantitative estimate of drug-likeness (QED) is 0.197. The zero-order valence-corrected chi connectivity index (χ0v) is 23.8. The summed E-state index contributed by atoms with van der Waals surface area (Å²) >= 11 is 0.